The normalized spacial score (nSPS) is 11.8. The molecule has 2 aromatic rings. The third-order valence-corrected chi connectivity index (χ3v) is 3.39. The molecule has 0 spiro atoms. The first-order chi connectivity index (χ1) is 11.7. The number of para-hydroxylation sites is 2. The lowest BCUT2D eigenvalue weighted by atomic mass is 9.99. The number of benzene rings is 2. The first-order valence-electron chi connectivity index (χ1n) is 7.40. The molecule has 0 aromatic heterocycles. The topological polar surface area (TPSA) is 66.4 Å². The van der Waals surface area contributed by atoms with Crippen molar-refractivity contribution in [1.82, 2.24) is 0 Å². The Morgan fingerprint density at radius 3 is 2.12 bits per heavy atom. The van der Waals surface area contributed by atoms with Gasteiger partial charge in [-0.1, -0.05) is 30.3 Å². The first kappa shape index (κ1) is 18.1. The molecule has 1 N–H and O–H groups in total. The molecule has 1 atom stereocenters. The molecule has 2 rings (SSSR count). The van der Waals surface area contributed by atoms with Gasteiger partial charge in [-0.25, -0.2) is 0 Å². The van der Waals surface area contributed by atoms with Crippen LogP contribution in [0.15, 0.2) is 42.5 Å². The van der Waals surface area contributed by atoms with Crippen LogP contribution in [0.3, 0.4) is 0 Å². The number of aliphatic hydroxyl groups excluding tert-OH is 1. The van der Waals surface area contributed by atoms with E-state index in [1.165, 1.54) is 14.2 Å². The van der Waals surface area contributed by atoms with Gasteiger partial charge in [0.05, 0.1) is 7.11 Å². The van der Waals surface area contributed by atoms with Crippen LogP contribution < -0.4 is 14.2 Å². The van der Waals surface area contributed by atoms with Crippen molar-refractivity contribution in [2.75, 3.05) is 34.9 Å². The average Bonchev–Trinajstić information content (AvgIpc) is 2.64. The Bertz CT molecular complexity index is 643. The maximum Gasteiger partial charge on any atom is 0.188 e. The number of ether oxygens (including phenoxy) is 5. The van der Waals surface area contributed by atoms with Gasteiger partial charge in [-0.05, 0) is 12.1 Å². The van der Waals surface area contributed by atoms with E-state index in [0.29, 0.717) is 28.4 Å². The minimum atomic E-state index is -0.958. The number of aliphatic hydroxyl groups is 1. The van der Waals surface area contributed by atoms with Crippen molar-refractivity contribution in [3.8, 4) is 17.2 Å². The monoisotopic (exact) mass is 334 g/mol. The van der Waals surface area contributed by atoms with E-state index in [2.05, 4.69) is 0 Å². The minimum Gasteiger partial charge on any atom is -0.493 e. The highest BCUT2D eigenvalue weighted by Gasteiger charge is 2.22. The fourth-order valence-corrected chi connectivity index (χ4v) is 2.31. The largest absolute Gasteiger partial charge is 0.493 e. The molecule has 6 heteroatoms. The summed E-state index contributed by atoms with van der Waals surface area (Å²) >= 11 is 0. The highest BCUT2D eigenvalue weighted by atomic mass is 16.7. The Kier molecular flexibility index (Phi) is 6.87. The third kappa shape index (κ3) is 4.17. The molecule has 1 unspecified atom stereocenters. The van der Waals surface area contributed by atoms with Gasteiger partial charge in [-0.15, -0.1) is 0 Å². The maximum atomic E-state index is 10.9. The number of rotatable bonds is 9. The molecular weight excluding hydrogens is 312 g/mol. The lowest BCUT2D eigenvalue weighted by Gasteiger charge is -2.20. The first-order valence-corrected chi connectivity index (χ1v) is 7.40. The summed E-state index contributed by atoms with van der Waals surface area (Å²) in [6.45, 7) is 0.136. The van der Waals surface area contributed by atoms with Crippen molar-refractivity contribution in [3.05, 3.63) is 53.6 Å². The summed E-state index contributed by atoms with van der Waals surface area (Å²) < 4.78 is 26.3. The third-order valence-electron chi connectivity index (χ3n) is 3.39. The minimum absolute atomic E-state index is 0.0436. The summed E-state index contributed by atoms with van der Waals surface area (Å²) in [6.07, 6.45) is -0.958. The van der Waals surface area contributed by atoms with Gasteiger partial charge in [0.25, 0.3) is 0 Å². The summed E-state index contributed by atoms with van der Waals surface area (Å²) in [4.78, 5) is 0. The van der Waals surface area contributed by atoms with Gasteiger partial charge in [-0.3, -0.25) is 0 Å². The number of hydrogen-bond acceptors (Lipinski definition) is 6. The SMILES string of the molecule is COCOc1ccccc1C(O)c1cccc(OC)c1OCOC. The Balaban J connectivity index is 2.40. The van der Waals surface area contributed by atoms with Crippen LogP contribution in [0, 0.1) is 0 Å². The van der Waals surface area contributed by atoms with Gasteiger partial charge in [0.15, 0.2) is 25.1 Å². The molecule has 0 heterocycles. The van der Waals surface area contributed by atoms with E-state index in [4.69, 9.17) is 23.7 Å². The molecule has 0 aliphatic carbocycles. The van der Waals surface area contributed by atoms with Crippen LogP contribution in [0.1, 0.15) is 17.2 Å². The zero-order chi connectivity index (χ0) is 17.4. The van der Waals surface area contributed by atoms with Crippen LogP contribution in [-0.2, 0) is 9.47 Å². The van der Waals surface area contributed by atoms with Crippen LogP contribution in [0.2, 0.25) is 0 Å². The van der Waals surface area contributed by atoms with Gasteiger partial charge < -0.3 is 28.8 Å². The van der Waals surface area contributed by atoms with Crippen LogP contribution in [0.4, 0.5) is 0 Å². The standard InChI is InChI=1S/C18H22O6/c1-20-11-23-15-9-5-4-7-13(15)17(19)14-8-6-10-16(22-3)18(14)24-12-21-2/h4-10,17,19H,11-12H2,1-3H3. The molecule has 0 bridgehead atoms. The lowest BCUT2D eigenvalue weighted by molar-refractivity contribution is 0.0451. The van der Waals surface area contributed by atoms with E-state index in [1.807, 2.05) is 12.1 Å². The van der Waals surface area contributed by atoms with E-state index >= 15 is 0 Å². The van der Waals surface area contributed by atoms with Crippen LogP contribution in [0.5, 0.6) is 17.2 Å². The Morgan fingerprint density at radius 1 is 0.792 bits per heavy atom. The predicted molar refractivity (Wildman–Crippen MR) is 88.5 cm³/mol. The Labute approximate surface area is 141 Å². The predicted octanol–water partition coefficient (Wildman–Crippen LogP) is 2.74. The van der Waals surface area contributed by atoms with Crippen molar-refractivity contribution >= 4 is 0 Å². The smallest absolute Gasteiger partial charge is 0.188 e. The second-order valence-corrected chi connectivity index (χ2v) is 4.92. The highest BCUT2D eigenvalue weighted by molar-refractivity contribution is 5.51. The molecule has 130 valence electrons. The van der Waals surface area contributed by atoms with E-state index < -0.39 is 6.10 Å². The molecule has 0 aliphatic rings. The van der Waals surface area contributed by atoms with Crippen LogP contribution in [0.25, 0.3) is 0 Å². The summed E-state index contributed by atoms with van der Waals surface area (Å²) in [7, 11) is 4.61. The zero-order valence-corrected chi connectivity index (χ0v) is 14.0. The van der Waals surface area contributed by atoms with Gasteiger partial charge >= 0.3 is 0 Å². The van der Waals surface area contributed by atoms with Crippen molar-refractivity contribution < 1.29 is 28.8 Å². The number of hydrogen-bond donors (Lipinski definition) is 1. The molecule has 0 radical (unpaired) electrons. The molecule has 0 amide bonds. The van der Waals surface area contributed by atoms with Gasteiger partial charge in [0.2, 0.25) is 0 Å². The zero-order valence-electron chi connectivity index (χ0n) is 14.0. The van der Waals surface area contributed by atoms with E-state index in [1.54, 1.807) is 37.4 Å². The summed E-state index contributed by atoms with van der Waals surface area (Å²) in [5.74, 6) is 1.47. The van der Waals surface area contributed by atoms with Gasteiger partial charge in [0, 0.05) is 25.3 Å². The second-order valence-electron chi connectivity index (χ2n) is 4.92. The second kappa shape index (κ2) is 9.12. The molecule has 0 aliphatic heterocycles. The summed E-state index contributed by atoms with van der Waals surface area (Å²) in [6, 6.07) is 12.5. The Hall–Kier alpha value is -2.28. The summed E-state index contributed by atoms with van der Waals surface area (Å²) in [5.41, 5.74) is 1.16. The molecule has 6 nitrogen and oxygen atoms in total. The Morgan fingerprint density at radius 2 is 1.42 bits per heavy atom. The average molecular weight is 334 g/mol. The van der Waals surface area contributed by atoms with E-state index in [-0.39, 0.29) is 13.6 Å². The van der Waals surface area contributed by atoms with Crippen LogP contribution in [-0.4, -0.2) is 40.0 Å². The molecule has 0 fully saturated rings. The maximum absolute atomic E-state index is 10.9. The van der Waals surface area contributed by atoms with Crippen molar-refractivity contribution in [2.45, 2.75) is 6.10 Å². The van der Waals surface area contributed by atoms with Crippen molar-refractivity contribution in [1.29, 1.82) is 0 Å². The van der Waals surface area contributed by atoms with Gasteiger partial charge in [0.1, 0.15) is 11.9 Å². The molecule has 24 heavy (non-hydrogen) atoms. The quantitative estimate of drug-likeness (QED) is 0.711. The fraction of sp³-hybridized carbons (Fsp3) is 0.333. The van der Waals surface area contributed by atoms with Crippen molar-refractivity contribution in [2.24, 2.45) is 0 Å². The molecule has 2 aromatic carbocycles. The highest BCUT2D eigenvalue weighted by Crippen LogP contribution is 2.39. The van der Waals surface area contributed by atoms with Crippen molar-refractivity contribution in [3.63, 3.8) is 0 Å². The molecule has 0 saturated carbocycles. The van der Waals surface area contributed by atoms with Crippen LogP contribution >= 0.6 is 0 Å². The molecule has 0 saturated heterocycles. The van der Waals surface area contributed by atoms with E-state index in [0.717, 1.165) is 0 Å². The van der Waals surface area contributed by atoms with E-state index in [9.17, 15) is 5.11 Å². The molecular formula is C18H22O6. The lowest BCUT2D eigenvalue weighted by Crippen LogP contribution is -2.09. The number of methoxy groups -OCH3 is 3. The fourth-order valence-electron chi connectivity index (χ4n) is 2.31. The van der Waals surface area contributed by atoms with Gasteiger partial charge in [-0.2, -0.15) is 0 Å². The summed E-state index contributed by atoms with van der Waals surface area (Å²) in [5, 5.41) is 10.9.